The molecule has 2 heterocycles. The number of ether oxygens (including phenoxy) is 2. The average Bonchev–Trinajstić information content (AvgIpc) is 2.45. The first-order valence-electron chi connectivity index (χ1n) is 5.92. The third-order valence-corrected chi connectivity index (χ3v) is 3.40. The van der Waals surface area contributed by atoms with Gasteiger partial charge in [-0.15, -0.1) is 0 Å². The Balaban J connectivity index is 2.44. The Hall–Kier alpha value is -2.11. The van der Waals surface area contributed by atoms with Crippen molar-refractivity contribution < 1.29 is 19.1 Å². The van der Waals surface area contributed by atoms with Crippen LogP contribution < -0.4 is 4.90 Å². The number of hydrogen-bond acceptors (Lipinski definition) is 6. The first-order chi connectivity index (χ1) is 9.10. The zero-order chi connectivity index (χ0) is 14.0. The van der Waals surface area contributed by atoms with E-state index >= 15 is 0 Å². The number of fused-ring (bicyclic) bond motifs is 1. The number of anilines is 1. The highest BCUT2D eigenvalue weighted by Crippen LogP contribution is 2.32. The van der Waals surface area contributed by atoms with Crippen LogP contribution in [0.5, 0.6) is 0 Å². The summed E-state index contributed by atoms with van der Waals surface area (Å²) in [6.45, 7) is 0. The van der Waals surface area contributed by atoms with Crippen LogP contribution in [0, 0.1) is 5.92 Å². The van der Waals surface area contributed by atoms with E-state index in [0.29, 0.717) is 6.42 Å². The highest BCUT2D eigenvalue weighted by molar-refractivity contribution is 5.89. The molecule has 1 aliphatic heterocycles. The lowest BCUT2D eigenvalue weighted by molar-refractivity contribution is -0.154. The molecule has 0 fully saturated rings. The summed E-state index contributed by atoms with van der Waals surface area (Å²) in [4.78, 5) is 29.8. The van der Waals surface area contributed by atoms with Crippen LogP contribution in [0.3, 0.4) is 0 Å². The van der Waals surface area contributed by atoms with Crippen molar-refractivity contribution >= 4 is 17.6 Å². The van der Waals surface area contributed by atoms with Crippen LogP contribution in [0.2, 0.25) is 0 Å². The second kappa shape index (κ2) is 5.26. The van der Waals surface area contributed by atoms with Gasteiger partial charge in [-0.1, -0.05) is 0 Å². The normalized spacial score (nSPS) is 21.5. The van der Waals surface area contributed by atoms with E-state index < -0.39 is 23.9 Å². The molecule has 0 aromatic carbocycles. The van der Waals surface area contributed by atoms with Gasteiger partial charge in [-0.25, -0.2) is 4.79 Å². The number of esters is 2. The molecule has 0 radical (unpaired) electrons. The van der Waals surface area contributed by atoms with E-state index in [9.17, 15) is 9.59 Å². The summed E-state index contributed by atoms with van der Waals surface area (Å²) in [5.74, 6) is -1.49. The summed E-state index contributed by atoms with van der Waals surface area (Å²) in [6.07, 6.45) is 2.03. The molecule has 0 N–H and O–H groups in total. The van der Waals surface area contributed by atoms with Gasteiger partial charge in [0.1, 0.15) is 6.04 Å². The number of carbonyl (C=O) groups excluding carboxylic acids is 2. The second-order valence-corrected chi connectivity index (χ2v) is 4.38. The molecule has 2 rings (SSSR count). The fraction of sp³-hybridized carbons (Fsp3) is 0.462. The number of nitrogens with zero attached hydrogens (tertiary/aromatic N) is 2. The zero-order valence-electron chi connectivity index (χ0n) is 11.1. The van der Waals surface area contributed by atoms with Crippen LogP contribution in [0.1, 0.15) is 5.69 Å². The molecule has 0 spiro atoms. The van der Waals surface area contributed by atoms with Crippen LogP contribution >= 0.6 is 0 Å². The minimum absolute atomic E-state index is 0.368. The molecule has 0 amide bonds. The van der Waals surface area contributed by atoms with Crippen molar-refractivity contribution in [1.29, 1.82) is 0 Å². The van der Waals surface area contributed by atoms with E-state index in [1.165, 1.54) is 14.2 Å². The number of carbonyl (C=O) groups is 2. The molecule has 102 valence electrons. The van der Waals surface area contributed by atoms with E-state index in [1.54, 1.807) is 24.2 Å². The van der Waals surface area contributed by atoms with Gasteiger partial charge in [-0.3, -0.25) is 9.78 Å². The predicted molar refractivity (Wildman–Crippen MR) is 67.7 cm³/mol. The molecular formula is C13H16N2O4. The minimum Gasteiger partial charge on any atom is -0.469 e. The maximum Gasteiger partial charge on any atom is 0.329 e. The first-order valence-corrected chi connectivity index (χ1v) is 5.92. The molecule has 0 unspecified atom stereocenters. The third kappa shape index (κ3) is 2.25. The fourth-order valence-corrected chi connectivity index (χ4v) is 2.45. The van der Waals surface area contributed by atoms with Gasteiger partial charge in [0.15, 0.2) is 0 Å². The van der Waals surface area contributed by atoms with Crippen molar-refractivity contribution in [2.24, 2.45) is 5.92 Å². The average molecular weight is 264 g/mol. The summed E-state index contributed by atoms with van der Waals surface area (Å²) in [5.41, 5.74) is 1.61. The van der Waals surface area contributed by atoms with Gasteiger partial charge >= 0.3 is 11.9 Å². The SMILES string of the molecule is COC(=O)[C@@H]1Cc2ncccc2N(C)[C@H]1C(=O)OC. The number of hydrogen-bond donors (Lipinski definition) is 0. The predicted octanol–water partition coefficient (Wildman–Crippen LogP) is 0.405. The lowest BCUT2D eigenvalue weighted by atomic mass is 9.88. The van der Waals surface area contributed by atoms with E-state index in [0.717, 1.165) is 11.4 Å². The Bertz CT molecular complexity index is 503. The first kappa shape index (κ1) is 13.3. The molecule has 0 aliphatic carbocycles. The van der Waals surface area contributed by atoms with Crippen molar-refractivity contribution in [3.8, 4) is 0 Å². The number of aromatic nitrogens is 1. The molecule has 0 saturated heterocycles. The van der Waals surface area contributed by atoms with E-state index in [2.05, 4.69) is 4.98 Å². The molecule has 0 saturated carbocycles. The summed E-state index contributed by atoms with van der Waals surface area (Å²) >= 11 is 0. The summed E-state index contributed by atoms with van der Waals surface area (Å²) in [7, 11) is 4.37. The molecular weight excluding hydrogens is 248 g/mol. The lowest BCUT2D eigenvalue weighted by Gasteiger charge is -2.37. The van der Waals surface area contributed by atoms with Crippen LogP contribution in [-0.4, -0.2) is 44.2 Å². The Labute approximate surface area is 111 Å². The Morgan fingerprint density at radius 3 is 2.63 bits per heavy atom. The van der Waals surface area contributed by atoms with Gasteiger partial charge in [0.05, 0.1) is 31.5 Å². The molecule has 19 heavy (non-hydrogen) atoms. The molecule has 1 aromatic heterocycles. The van der Waals surface area contributed by atoms with Crippen molar-refractivity contribution in [3.63, 3.8) is 0 Å². The van der Waals surface area contributed by atoms with E-state index in [-0.39, 0.29) is 0 Å². The van der Waals surface area contributed by atoms with Crippen LogP contribution in [0.4, 0.5) is 5.69 Å². The standard InChI is InChI=1S/C13H16N2O4/c1-15-10-5-4-6-14-9(10)7-8(12(16)18-2)11(15)13(17)19-3/h4-6,8,11H,7H2,1-3H3/t8-,11-/m1/s1. The molecule has 6 heteroatoms. The lowest BCUT2D eigenvalue weighted by Crippen LogP contribution is -2.52. The van der Waals surface area contributed by atoms with Gasteiger partial charge in [-0.05, 0) is 12.1 Å². The van der Waals surface area contributed by atoms with Crippen molar-refractivity contribution in [2.75, 3.05) is 26.2 Å². The van der Waals surface area contributed by atoms with Crippen molar-refractivity contribution in [1.82, 2.24) is 4.98 Å². The monoisotopic (exact) mass is 264 g/mol. The summed E-state index contributed by atoms with van der Waals surface area (Å²) < 4.78 is 9.57. The van der Waals surface area contributed by atoms with Gasteiger partial charge in [0, 0.05) is 19.7 Å². The fourth-order valence-electron chi connectivity index (χ4n) is 2.45. The van der Waals surface area contributed by atoms with E-state index in [4.69, 9.17) is 9.47 Å². The van der Waals surface area contributed by atoms with Gasteiger partial charge in [0.2, 0.25) is 0 Å². The summed E-state index contributed by atoms with van der Waals surface area (Å²) in [5, 5.41) is 0. The van der Waals surface area contributed by atoms with Gasteiger partial charge in [-0.2, -0.15) is 0 Å². The number of rotatable bonds is 2. The quantitative estimate of drug-likeness (QED) is 0.720. The maximum absolute atomic E-state index is 11.9. The molecule has 1 aromatic rings. The van der Waals surface area contributed by atoms with Crippen molar-refractivity contribution in [2.45, 2.75) is 12.5 Å². The Kier molecular flexibility index (Phi) is 3.69. The van der Waals surface area contributed by atoms with Gasteiger partial charge in [0.25, 0.3) is 0 Å². The van der Waals surface area contributed by atoms with Crippen LogP contribution in [-0.2, 0) is 25.5 Å². The largest absolute Gasteiger partial charge is 0.469 e. The summed E-state index contributed by atoms with van der Waals surface area (Å²) in [6, 6.07) is 2.97. The number of pyridine rings is 1. The minimum atomic E-state index is -0.686. The Morgan fingerprint density at radius 2 is 2.00 bits per heavy atom. The highest BCUT2D eigenvalue weighted by Gasteiger charge is 2.43. The van der Waals surface area contributed by atoms with Gasteiger partial charge < -0.3 is 14.4 Å². The Morgan fingerprint density at radius 1 is 1.32 bits per heavy atom. The molecule has 0 bridgehead atoms. The molecule has 6 nitrogen and oxygen atoms in total. The van der Waals surface area contributed by atoms with Crippen LogP contribution in [0.25, 0.3) is 0 Å². The van der Waals surface area contributed by atoms with Crippen molar-refractivity contribution in [3.05, 3.63) is 24.0 Å². The highest BCUT2D eigenvalue weighted by atomic mass is 16.5. The number of likely N-dealkylation sites (N-methyl/N-ethyl adjacent to an activating group) is 1. The second-order valence-electron chi connectivity index (χ2n) is 4.38. The zero-order valence-corrected chi connectivity index (χ0v) is 11.1. The van der Waals surface area contributed by atoms with Crippen LogP contribution in [0.15, 0.2) is 18.3 Å². The topological polar surface area (TPSA) is 68.7 Å². The number of methoxy groups -OCH3 is 2. The molecule has 1 aliphatic rings. The van der Waals surface area contributed by atoms with E-state index in [1.807, 2.05) is 6.07 Å². The third-order valence-electron chi connectivity index (χ3n) is 3.40. The maximum atomic E-state index is 11.9. The smallest absolute Gasteiger partial charge is 0.329 e. The molecule has 2 atom stereocenters.